The highest BCUT2D eigenvalue weighted by Gasteiger charge is 2.08. The Morgan fingerprint density at radius 2 is 1.74 bits per heavy atom. The molecule has 1 aromatic heterocycles. The number of nitrogens with one attached hydrogen (secondary N) is 1. The van der Waals surface area contributed by atoms with E-state index >= 15 is 0 Å². The maximum absolute atomic E-state index is 5.53. The first-order valence-corrected chi connectivity index (χ1v) is 6.16. The first-order valence-electron chi connectivity index (χ1n) is 6.16. The Balaban J connectivity index is 2.15. The molecule has 0 bridgehead atoms. The summed E-state index contributed by atoms with van der Waals surface area (Å²) in [5.41, 5.74) is 2.10. The van der Waals surface area contributed by atoms with Crippen molar-refractivity contribution in [3.8, 4) is 11.5 Å². The Bertz CT molecular complexity index is 561. The third kappa shape index (κ3) is 3.02. The molecule has 0 aliphatic carbocycles. The van der Waals surface area contributed by atoms with Gasteiger partial charge in [0.25, 0.3) is 0 Å². The monoisotopic (exact) mass is 261 g/mol. The zero-order chi connectivity index (χ0) is 13.8. The van der Waals surface area contributed by atoms with Gasteiger partial charge in [-0.3, -0.25) is 0 Å². The lowest BCUT2D eigenvalue weighted by Crippen LogP contribution is -2.01. The zero-order valence-corrected chi connectivity index (χ0v) is 11.7. The van der Waals surface area contributed by atoms with E-state index in [2.05, 4.69) is 5.32 Å². The molecule has 0 saturated heterocycles. The van der Waals surface area contributed by atoms with Crippen molar-refractivity contribution >= 4 is 5.69 Å². The first-order chi connectivity index (χ1) is 9.13. The Morgan fingerprint density at radius 3 is 2.32 bits per heavy atom. The maximum atomic E-state index is 5.53. The molecule has 0 spiro atoms. The fraction of sp³-hybridized carbons (Fsp3) is 0.333. The van der Waals surface area contributed by atoms with Gasteiger partial charge in [0.15, 0.2) is 11.5 Å². The van der Waals surface area contributed by atoms with Gasteiger partial charge >= 0.3 is 0 Å². The van der Waals surface area contributed by atoms with Crippen LogP contribution < -0.4 is 14.8 Å². The smallest absolute Gasteiger partial charge is 0.162 e. The molecule has 0 radical (unpaired) electrons. The standard InChI is InChI=1S/C15H19NO3/c1-10-7-14(17-3)15(18-4)8-13(10)16-9-12-6-5-11(2)19-12/h5-8,16H,9H2,1-4H3. The third-order valence-electron chi connectivity index (χ3n) is 2.98. The van der Waals surface area contributed by atoms with Crippen LogP contribution in [0.4, 0.5) is 5.69 Å². The lowest BCUT2D eigenvalue weighted by molar-refractivity contribution is 0.355. The molecule has 4 nitrogen and oxygen atoms in total. The lowest BCUT2D eigenvalue weighted by atomic mass is 10.1. The van der Waals surface area contributed by atoms with Crippen molar-refractivity contribution in [2.75, 3.05) is 19.5 Å². The van der Waals surface area contributed by atoms with Gasteiger partial charge in [0, 0.05) is 11.8 Å². The van der Waals surface area contributed by atoms with E-state index < -0.39 is 0 Å². The van der Waals surface area contributed by atoms with Crippen LogP contribution in [0.2, 0.25) is 0 Å². The fourth-order valence-electron chi connectivity index (χ4n) is 1.93. The molecule has 0 atom stereocenters. The Kier molecular flexibility index (Phi) is 4.00. The lowest BCUT2D eigenvalue weighted by Gasteiger charge is -2.13. The van der Waals surface area contributed by atoms with Gasteiger partial charge < -0.3 is 19.2 Å². The molecule has 0 aliphatic heterocycles. The van der Waals surface area contributed by atoms with Gasteiger partial charge in [-0.1, -0.05) is 0 Å². The Hall–Kier alpha value is -2.10. The quantitative estimate of drug-likeness (QED) is 0.894. The molecular formula is C15H19NO3. The minimum absolute atomic E-state index is 0.643. The van der Waals surface area contributed by atoms with Crippen LogP contribution in [0.3, 0.4) is 0 Å². The molecule has 19 heavy (non-hydrogen) atoms. The predicted octanol–water partition coefficient (Wildman–Crippen LogP) is 3.53. The summed E-state index contributed by atoms with van der Waals surface area (Å²) in [5.74, 6) is 3.28. The first kappa shape index (κ1) is 13.3. The van der Waals surface area contributed by atoms with Crippen LogP contribution in [-0.2, 0) is 6.54 Å². The van der Waals surface area contributed by atoms with Gasteiger partial charge in [-0.2, -0.15) is 0 Å². The number of ether oxygens (including phenoxy) is 2. The molecule has 2 aromatic rings. The van der Waals surface area contributed by atoms with Crippen LogP contribution in [0.1, 0.15) is 17.1 Å². The van der Waals surface area contributed by atoms with Crippen molar-refractivity contribution in [1.29, 1.82) is 0 Å². The molecule has 0 saturated carbocycles. The maximum Gasteiger partial charge on any atom is 0.162 e. The highest BCUT2D eigenvalue weighted by atomic mass is 16.5. The van der Waals surface area contributed by atoms with Crippen molar-refractivity contribution in [3.05, 3.63) is 41.3 Å². The number of furan rings is 1. The van der Waals surface area contributed by atoms with Crippen LogP contribution in [0.15, 0.2) is 28.7 Å². The van der Waals surface area contributed by atoms with E-state index in [1.54, 1.807) is 14.2 Å². The topological polar surface area (TPSA) is 43.6 Å². The SMILES string of the molecule is COc1cc(C)c(NCc2ccc(C)o2)cc1OC. The van der Waals surface area contributed by atoms with Crippen LogP contribution in [0.25, 0.3) is 0 Å². The summed E-state index contributed by atoms with van der Waals surface area (Å²) in [6.45, 7) is 4.60. The average molecular weight is 261 g/mol. The minimum Gasteiger partial charge on any atom is -0.493 e. The number of aryl methyl sites for hydroxylation is 2. The summed E-state index contributed by atoms with van der Waals surface area (Å²) in [6, 6.07) is 7.81. The molecule has 1 N–H and O–H groups in total. The van der Waals surface area contributed by atoms with Crippen molar-refractivity contribution in [1.82, 2.24) is 0 Å². The largest absolute Gasteiger partial charge is 0.493 e. The van der Waals surface area contributed by atoms with E-state index in [1.165, 1.54) is 0 Å². The number of benzene rings is 1. The predicted molar refractivity (Wildman–Crippen MR) is 75.1 cm³/mol. The molecule has 1 aromatic carbocycles. The van der Waals surface area contributed by atoms with E-state index in [0.29, 0.717) is 12.3 Å². The van der Waals surface area contributed by atoms with Gasteiger partial charge in [0.1, 0.15) is 11.5 Å². The van der Waals surface area contributed by atoms with Crippen LogP contribution in [0.5, 0.6) is 11.5 Å². The second kappa shape index (κ2) is 5.69. The number of hydrogen-bond acceptors (Lipinski definition) is 4. The molecule has 0 aliphatic rings. The molecule has 4 heteroatoms. The van der Waals surface area contributed by atoms with E-state index in [9.17, 15) is 0 Å². The van der Waals surface area contributed by atoms with Gasteiger partial charge in [-0.05, 0) is 37.6 Å². The van der Waals surface area contributed by atoms with Gasteiger partial charge in [0.2, 0.25) is 0 Å². The molecule has 1 heterocycles. The van der Waals surface area contributed by atoms with Gasteiger partial charge in [0.05, 0.1) is 20.8 Å². The van der Waals surface area contributed by atoms with Crippen LogP contribution in [0, 0.1) is 13.8 Å². The summed E-state index contributed by atoms with van der Waals surface area (Å²) in [7, 11) is 3.27. The van der Waals surface area contributed by atoms with E-state index in [0.717, 1.165) is 28.5 Å². The van der Waals surface area contributed by atoms with Crippen molar-refractivity contribution < 1.29 is 13.9 Å². The normalized spacial score (nSPS) is 10.3. The fourth-order valence-corrected chi connectivity index (χ4v) is 1.93. The summed E-state index contributed by atoms with van der Waals surface area (Å²) in [6.07, 6.45) is 0. The second-order valence-electron chi connectivity index (χ2n) is 4.39. The van der Waals surface area contributed by atoms with Crippen molar-refractivity contribution in [3.63, 3.8) is 0 Å². The molecule has 0 unspecified atom stereocenters. The van der Waals surface area contributed by atoms with E-state index in [4.69, 9.17) is 13.9 Å². The molecular weight excluding hydrogens is 242 g/mol. The highest BCUT2D eigenvalue weighted by molar-refractivity contribution is 5.60. The molecule has 0 fully saturated rings. The number of rotatable bonds is 5. The van der Waals surface area contributed by atoms with E-state index in [-0.39, 0.29) is 0 Å². The number of hydrogen-bond donors (Lipinski definition) is 1. The summed E-state index contributed by atoms with van der Waals surface area (Å²) in [4.78, 5) is 0. The second-order valence-corrected chi connectivity index (χ2v) is 4.39. The van der Waals surface area contributed by atoms with Gasteiger partial charge in [-0.15, -0.1) is 0 Å². The highest BCUT2D eigenvalue weighted by Crippen LogP contribution is 2.33. The third-order valence-corrected chi connectivity index (χ3v) is 2.98. The number of methoxy groups -OCH3 is 2. The number of anilines is 1. The van der Waals surface area contributed by atoms with Crippen molar-refractivity contribution in [2.24, 2.45) is 0 Å². The molecule has 2 rings (SSSR count). The summed E-state index contributed by atoms with van der Waals surface area (Å²) < 4.78 is 16.1. The van der Waals surface area contributed by atoms with Crippen molar-refractivity contribution in [2.45, 2.75) is 20.4 Å². The Labute approximate surface area is 113 Å². The zero-order valence-electron chi connectivity index (χ0n) is 11.7. The van der Waals surface area contributed by atoms with Gasteiger partial charge in [-0.25, -0.2) is 0 Å². The minimum atomic E-state index is 0.643. The molecule has 102 valence electrons. The summed E-state index contributed by atoms with van der Waals surface area (Å²) in [5, 5.41) is 3.34. The van der Waals surface area contributed by atoms with Crippen LogP contribution in [-0.4, -0.2) is 14.2 Å². The summed E-state index contributed by atoms with van der Waals surface area (Å²) >= 11 is 0. The molecule has 0 amide bonds. The average Bonchev–Trinajstić information content (AvgIpc) is 2.82. The Morgan fingerprint density at radius 1 is 1.05 bits per heavy atom. The van der Waals surface area contributed by atoms with Crippen LogP contribution >= 0.6 is 0 Å². The van der Waals surface area contributed by atoms with E-state index in [1.807, 2.05) is 38.1 Å².